The SMILES string of the molecule is CC(C)CC(NC(=O)C(CCNC(=O)O)NC(=O)O)C(N)=O. The van der Waals surface area contributed by atoms with E-state index in [1.54, 1.807) is 0 Å². The molecule has 22 heavy (non-hydrogen) atoms. The summed E-state index contributed by atoms with van der Waals surface area (Å²) in [5.41, 5.74) is 5.19. The third-order valence-electron chi connectivity index (χ3n) is 2.69. The van der Waals surface area contributed by atoms with Crippen LogP contribution < -0.4 is 21.7 Å². The number of carbonyl (C=O) groups excluding carboxylic acids is 2. The van der Waals surface area contributed by atoms with Crippen molar-refractivity contribution in [2.75, 3.05) is 6.54 Å². The Morgan fingerprint density at radius 3 is 2.00 bits per heavy atom. The predicted octanol–water partition coefficient (Wildman–Crippen LogP) is -0.703. The van der Waals surface area contributed by atoms with Crippen molar-refractivity contribution in [1.82, 2.24) is 16.0 Å². The van der Waals surface area contributed by atoms with Crippen LogP contribution in [0.5, 0.6) is 0 Å². The molecule has 0 aliphatic heterocycles. The van der Waals surface area contributed by atoms with Crippen LogP contribution in [0.1, 0.15) is 26.7 Å². The highest BCUT2D eigenvalue weighted by Gasteiger charge is 2.25. The van der Waals surface area contributed by atoms with Gasteiger partial charge in [0.2, 0.25) is 11.8 Å². The van der Waals surface area contributed by atoms with Gasteiger partial charge in [-0.15, -0.1) is 0 Å². The van der Waals surface area contributed by atoms with Crippen LogP contribution in [0.4, 0.5) is 9.59 Å². The van der Waals surface area contributed by atoms with Crippen LogP contribution in [-0.2, 0) is 9.59 Å². The van der Waals surface area contributed by atoms with E-state index < -0.39 is 36.1 Å². The third kappa shape index (κ3) is 8.61. The fourth-order valence-electron chi connectivity index (χ4n) is 1.73. The Bertz CT molecular complexity index is 426. The highest BCUT2D eigenvalue weighted by molar-refractivity contribution is 5.90. The van der Waals surface area contributed by atoms with E-state index in [2.05, 4.69) is 5.32 Å². The molecule has 0 bridgehead atoms. The first kappa shape index (κ1) is 19.5. The molecular weight excluding hydrogens is 296 g/mol. The minimum absolute atomic E-state index is 0.0948. The van der Waals surface area contributed by atoms with Crippen molar-refractivity contribution in [2.24, 2.45) is 11.7 Å². The molecule has 2 unspecified atom stereocenters. The minimum atomic E-state index is -1.44. The average Bonchev–Trinajstić information content (AvgIpc) is 2.35. The monoisotopic (exact) mass is 318 g/mol. The van der Waals surface area contributed by atoms with Gasteiger partial charge in [0.1, 0.15) is 12.1 Å². The molecule has 7 N–H and O–H groups in total. The predicted molar refractivity (Wildman–Crippen MR) is 76.2 cm³/mol. The van der Waals surface area contributed by atoms with E-state index in [9.17, 15) is 19.2 Å². The van der Waals surface area contributed by atoms with Gasteiger partial charge in [-0.2, -0.15) is 0 Å². The molecule has 0 aliphatic carbocycles. The minimum Gasteiger partial charge on any atom is -0.465 e. The maximum Gasteiger partial charge on any atom is 0.405 e. The van der Waals surface area contributed by atoms with Gasteiger partial charge in [-0.1, -0.05) is 13.8 Å². The number of carbonyl (C=O) groups is 4. The highest BCUT2D eigenvalue weighted by atomic mass is 16.4. The Morgan fingerprint density at radius 2 is 1.59 bits per heavy atom. The molecule has 0 aromatic carbocycles. The molecule has 4 amide bonds. The molecule has 0 aromatic heterocycles. The summed E-state index contributed by atoms with van der Waals surface area (Å²) in [7, 11) is 0. The molecule has 0 heterocycles. The number of hydrogen-bond acceptors (Lipinski definition) is 4. The van der Waals surface area contributed by atoms with Gasteiger partial charge in [0, 0.05) is 6.54 Å². The lowest BCUT2D eigenvalue weighted by Gasteiger charge is -2.22. The van der Waals surface area contributed by atoms with E-state index in [0.29, 0.717) is 6.42 Å². The van der Waals surface area contributed by atoms with Gasteiger partial charge < -0.3 is 31.9 Å². The summed E-state index contributed by atoms with van der Waals surface area (Å²) in [6.45, 7) is 3.55. The molecule has 0 rings (SSSR count). The molecule has 10 nitrogen and oxygen atoms in total. The molecule has 2 atom stereocenters. The zero-order chi connectivity index (χ0) is 17.3. The van der Waals surface area contributed by atoms with Crippen molar-refractivity contribution in [1.29, 1.82) is 0 Å². The summed E-state index contributed by atoms with van der Waals surface area (Å²) in [6, 6.07) is -2.11. The molecule has 0 radical (unpaired) electrons. The molecule has 0 saturated carbocycles. The van der Waals surface area contributed by atoms with Crippen LogP contribution in [0, 0.1) is 5.92 Å². The zero-order valence-electron chi connectivity index (χ0n) is 12.5. The highest BCUT2D eigenvalue weighted by Crippen LogP contribution is 2.05. The van der Waals surface area contributed by atoms with Gasteiger partial charge in [0.15, 0.2) is 0 Å². The number of carboxylic acid groups (broad SMARTS) is 2. The second kappa shape index (κ2) is 9.42. The van der Waals surface area contributed by atoms with Gasteiger partial charge in [-0.05, 0) is 18.8 Å². The fraction of sp³-hybridized carbons (Fsp3) is 0.667. The second-order valence-electron chi connectivity index (χ2n) is 5.12. The molecule has 0 fully saturated rings. The summed E-state index contributed by atoms with van der Waals surface area (Å²) in [6.07, 6.45) is -2.51. The first-order valence-electron chi connectivity index (χ1n) is 6.69. The standard InChI is InChI=1S/C12H22N4O6/c1-6(2)5-8(9(13)17)15-10(18)7(16-12(21)22)3-4-14-11(19)20/h6-8,14,16H,3-5H2,1-2H3,(H2,13,17)(H,15,18)(H,19,20)(H,21,22). The van der Waals surface area contributed by atoms with E-state index in [1.165, 1.54) is 0 Å². The number of primary amides is 1. The summed E-state index contributed by atoms with van der Waals surface area (Å²) in [5, 5.41) is 23.5. The van der Waals surface area contributed by atoms with E-state index in [1.807, 2.05) is 24.5 Å². The molecule has 0 spiro atoms. The van der Waals surface area contributed by atoms with Gasteiger partial charge in [-0.3, -0.25) is 9.59 Å². The fourth-order valence-corrected chi connectivity index (χ4v) is 1.73. The molecule has 10 heteroatoms. The van der Waals surface area contributed by atoms with Crippen molar-refractivity contribution in [3.05, 3.63) is 0 Å². The van der Waals surface area contributed by atoms with Gasteiger partial charge >= 0.3 is 12.2 Å². The number of nitrogens with two attached hydrogens (primary N) is 1. The van der Waals surface area contributed by atoms with E-state index in [-0.39, 0.29) is 18.9 Å². The Kier molecular flexibility index (Phi) is 8.34. The number of hydrogen-bond donors (Lipinski definition) is 6. The Balaban J connectivity index is 4.73. The van der Waals surface area contributed by atoms with E-state index >= 15 is 0 Å². The lowest BCUT2D eigenvalue weighted by atomic mass is 10.0. The largest absolute Gasteiger partial charge is 0.465 e. The number of nitrogens with one attached hydrogen (secondary N) is 3. The van der Waals surface area contributed by atoms with Crippen LogP contribution in [0.2, 0.25) is 0 Å². The molecular formula is C12H22N4O6. The first-order valence-corrected chi connectivity index (χ1v) is 6.69. The topological polar surface area (TPSA) is 171 Å². The summed E-state index contributed by atoms with van der Waals surface area (Å²) in [5.74, 6) is -1.36. The van der Waals surface area contributed by atoms with Crippen molar-refractivity contribution in [3.8, 4) is 0 Å². The summed E-state index contributed by atoms with van der Waals surface area (Å²) >= 11 is 0. The van der Waals surface area contributed by atoms with E-state index in [0.717, 1.165) is 0 Å². The smallest absolute Gasteiger partial charge is 0.405 e. The quantitative estimate of drug-likeness (QED) is 0.328. The first-order chi connectivity index (χ1) is 10.1. The van der Waals surface area contributed by atoms with Crippen molar-refractivity contribution in [2.45, 2.75) is 38.8 Å². The van der Waals surface area contributed by atoms with Crippen LogP contribution >= 0.6 is 0 Å². The van der Waals surface area contributed by atoms with Crippen LogP contribution in [0.25, 0.3) is 0 Å². The molecule has 0 saturated heterocycles. The maximum atomic E-state index is 12.0. The third-order valence-corrected chi connectivity index (χ3v) is 2.69. The molecule has 126 valence electrons. The summed E-state index contributed by atoms with van der Waals surface area (Å²) < 4.78 is 0. The van der Waals surface area contributed by atoms with Gasteiger partial charge in [0.25, 0.3) is 0 Å². The van der Waals surface area contributed by atoms with Crippen LogP contribution in [0.3, 0.4) is 0 Å². The Hall–Kier alpha value is -2.52. The lowest BCUT2D eigenvalue weighted by Crippen LogP contribution is -2.53. The average molecular weight is 318 g/mol. The van der Waals surface area contributed by atoms with Crippen molar-refractivity contribution < 1.29 is 29.4 Å². The van der Waals surface area contributed by atoms with Crippen LogP contribution in [0.15, 0.2) is 0 Å². The molecule has 0 aliphatic rings. The number of rotatable bonds is 9. The summed E-state index contributed by atoms with van der Waals surface area (Å²) in [4.78, 5) is 44.4. The van der Waals surface area contributed by atoms with Gasteiger partial charge in [0.05, 0.1) is 0 Å². The Morgan fingerprint density at radius 1 is 1.00 bits per heavy atom. The molecule has 0 aromatic rings. The second-order valence-corrected chi connectivity index (χ2v) is 5.12. The van der Waals surface area contributed by atoms with Crippen LogP contribution in [-0.4, -0.2) is 52.8 Å². The van der Waals surface area contributed by atoms with Crippen molar-refractivity contribution >= 4 is 24.0 Å². The number of amides is 4. The van der Waals surface area contributed by atoms with Crippen molar-refractivity contribution in [3.63, 3.8) is 0 Å². The normalized spacial score (nSPS) is 13.0. The Labute approximate surface area is 127 Å². The zero-order valence-corrected chi connectivity index (χ0v) is 12.5. The van der Waals surface area contributed by atoms with Gasteiger partial charge in [-0.25, -0.2) is 9.59 Å². The van der Waals surface area contributed by atoms with E-state index in [4.69, 9.17) is 15.9 Å². The maximum absolute atomic E-state index is 12.0. The lowest BCUT2D eigenvalue weighted by molar-refractivity contribution is -0.128.